The van der Waals surface area contributed by atoms with E-state index in [9.17, 15) is 0 Å². The first-order valence-corrected chi connectivity index (χ1v) is 15.7. The largest absolute Gasteiger partial charge is 0.291 e. The molecule has 44 heavy (non-hydrogen) atoms. The molecule has 10 rings (SSSR count). The third kappa shape index (κ3) is 3.31. The van der Waals surface area contributed by atoms with Gasteiger partial charge in [-0.3, -0.25) is 4.90 Å². The zero-order chi connectivity index (χ0) is 28.8. The number of benzene rings is 7. The highest BCUT2D eigenvalue weighted by Gasteiger charge is 2.31. The van der Waals surface area contributed by atoms with E-state index in [0.29, 0.717) is 0 Å². The fraction of sp³-hybridized carbons (Fsp3) is 0. The standard InChI is InChI=1S/C40H23N3S/c1-2-12-27-24(9-1)19-22-31-30-14-7-10-25-11-8-17-34(37(25)30)43(39(27)31)40-38(41-32-15-4-5-16-33(32)42-40)26-20-21-29-28-13-3-6-18-35(28)44-36(29)23-26/h1-23H. The fourth-order valence-corrected chi connectivity index (χ4v) is 8.14. The summed E-state index contributed by atoms with van der Waals surface area (Å²) in [6, 6.07) is 50.0. The van der Waals surface area contributed by atoms with Crippen LogP contribution in [0.3, 0.4) is 0 Å². The van der Waals surface area contributed by atoms with Crippen LogP contribution < -0.4 is 4.90 Å². The molecule has 0 saturated carbocycles. The van der Waals surface area contributed by atoms with E-state index in [1.54, 1.807) is 0 Å². The molecular formula is C40H23N3S. The average molecular weight is 578 g/mol. The van der Waals surface area contributed by atoms with Crippen LogP contribution in [-0.4, -0.2) is 9.97 Å². The summed E-state index contributed by atoms with van der Waals surface area (Å²) >= 11 is 1.83. The highest BCUT2D eigenvalue weighted by atomic mass is 32.1. The van der Waals surface area contributed by atoms with Crippen molar-refractivity contribution in [2.45, 2.75) is 0 Å². The van der Waals surface area contributed by atoms with Crippen LogP contribution in [0, 0.1) is 0 Å². The number of nitrogens with zero attached hydrogens (tertiary/aromatic N) is 3. The molecule has 3 heterocycles. The van der Waals surface area contributed by atoms with Crippen molar-refractivity contribution in [2.24, 2.45) is 0 Å². The van der Waals surface area contributed by atoms with Gasteiger partial charge in [0, 0.05) is 42.1 Å². The van der Waals surface area contributed by atoms with Crippen LogP contribution in [0.25, 0.3) is 75.1 Å². The Morgan fingerprint density at radius 1 is 0.500 bits per heavy atom. The lowest BCUT2D eigenvalue weighted by Gasteiger charge is -2.34. The van der Waals surface area contributed by atoms with Gasteiger partial charge in [0.15, 0.2) is 5.82 Å². The van der Waals surface area contributed by atoms with Crippen LogP contribution in [0.5, 0.6) is 0 Å². The molecule has 0 spiro atoms. The second-order valence-electron chi connectivity index (χ2n) is 11.4. The van der Waals surface area contributed by atoms with Gasteiger partial charge in [-0.1, -0.05) is 109 Å². The number of aromatic nitrogens is 2. The molecule has 0 atom stereocenters. The van der Waals surface area contributed by atoms with Crippen molar-refractivity contribution >= 4 is 81.3 Å². The number of para-hydroxylation sites is 2. The second-order valence-corrected chi connectivity index (χ2v) is 12.5. The van der Waals surface area contributed by atoms with Gasteiger partial charge in [-0.15, -0.1) is 11.3 Å². The van der Waals surface area contributed by atoms with E-state index in [4.69, 9.17) is 9.97 Å². The minimum absolute atomic E-state index is 0.837. The maximum absolute atomic E-state index is 5.43. The molecule has 0 unspecified atom stereocenters. The van der Waals surface area contributed by atoms with Gasteiger partial charge in [-0.25, -0.2) is 9.97 Å². The molecule has 0 radical (unpaired) electrons. The predicted octanol–water partition coefficient (Wildman–Crippen LogP) is 11.4. The van der Waals surface area contributed by atoms with Gasteiger partial charge in [0.2, 0.25) is 0 Å². The van der Waals surface area contributed by atoms with E-state index in [2.05, 4.69) is 132 Å². The normalized spacial score (nSPS) is 12.5. The first-order chi connectivity index (χ1) is 21.8. The summed E-state index contributed by atoms with van der Waals surface area (Å²) in [5.41, 5.74) is 8.41. The number of anilines is 3. The van der Waals surface area contributed by atoms with Crippen LogP contribution in [0.1, 0.15) is 0 Å². The Morgan fingerprint density at radius 3 is 2.14 bits per heavy atom. The van der Waals surface area contributed by atoms with Gasteiger partial charge in [-0.2, -0.15) is 0 Å². The van der Waals surface area contributed by atoms with Crippen molar-refractivity contribution in [3.63, 3.8) is 0 Å². The molecule has 0 amide bonds. The molecule has 204 valence electrons. The third-order valence-electron chi connectivity index (χ3n) is 8.95. The predicted molar refractivity (Wildman–Crippen MR) is 187 cm³/mol. The number of fused-ring (bicyclic) bond motifs is 8. The molecule has 0 fully saturated rings. The van der Waals surface area contributed by atoms with E-state index in [1.807, 2.05) is 23.5 Å². The lowest BCUT2D eigenvalue weighted by atomic mass is 9.88. The third-order valence-corrected chi connectivity index (χ3v) is 10.1. The molecule has 0 saturated heterocycles. The van der Waals surface area contributed by atoms with E-state index in [-0.39, 0.29) is 0 Å². The molecule has 1 aliphatic rings. The van der Waals surface area contributed by atoms with E-state index in [0.717, 1.165) is 39.5 Å². The molecule has 2 aromatic heterocycles. The van der Waals surface area contributed by atoms with Crippen molar-refractivity contribution in [2.75, 3.05) is 4.90 Å². The Labute approximate surface area is 257 Å². The topological polar surface area (TPSA) is 29.0 Å². The number of hydrogen-bond donors (Lipinski definition) is 0. The smallest absolute Gasteiger partial charge is 0.165 e. The summed E-state index contributed by atoms with van der Waals surface area (Å²) in [7, 11) is 0. The van der Waals surface area contributed by atoms with Crippen molar-refractivity contribution < 1.29 is 0 Å². The molecule has 3 nitrogen and oxygen atoms in total. The molecule has 9 aromatic rings. The van der Waals surface area contributed by atoms with Crippen molar-refractivity contribution in [1.29, 1.82) is 0 Å². The van der Waals surface area contributed by atoms with Crippen LogP contribution in [0.15, 0.2) is 140 Å². The summed E-state index contributed by atoms with van der Waals surface area (Å²) in [6.45, 7) is 0. The Morgan fingerprint density at radius 2 is 1.23 bits per heavy atom. The molecular weight excluding hydrogens is 555 g/mol. The zero-order valence-corrected chi connectivity index (χ0v) is 24.3. The minimum Gasteiger partial charge on any atom is -0.291 e. The quantitative estimate of drug-likeness (QED) is 0.205. The minimum atomic E-state index is 0.837. The van der Waals surface area contributed by atoms with Crippen LogP contribution >= 0.6 is 11.3 Å². The molecule has 0 bridgehead atoms. The lowest BCUT2D eigenvalue weighted by Crippen LogP contribution is -2.18. The summed E-state index contributed by atoms with van der Waals surface area (Å²) in [5, 5.41) is 7.41. The van der Waals surface area contributed by atoms with E-state index >= 15 is 0 Å². The van der Waals surface area contributed by atoms with Gasteiger partial charge >= 0.3 is 0 Å². The fourth-order valence-electron chi connectivity index (χ4n) is 7.00. The Kier molecular flexibility index (Phi) is 4.87. The van der Waals surface area contributed by atoms with E-state index < -0.39 is 0 Å². The summed E-state index contributed by atoms with van der Waals surface area (Å²) in [4.78, 5) is 13.2. The first kappa shape index (κ1) is 23.9. The highest BCUT2D eigenvalue weighted by molar-refractivity contribution is 7.25. The molecule has 4 heteroatoms. The number of hydrogen-bond acceptors (Lipinski definition) is 4. The summed E-state index contributed by atoms with van der Waals surface area (Å²) < 4.78 is 2.55. The van der Waals surface area contributed by atoms with Crippen molar-refractivity contribution in [3.8, 4) is 22.4 Å². The summed E-state index contributed by atoms with van der Waals surface area (Å²) in [5.74, 6) is 0.837. The maximum Gasteiger partial charge on any atom is 0.165 e. The van der Waals surface area contributed by atoms with Crippen molar-refractivity contribution in [3.05, 3.63) is 140 Å². The Hall–Kier alpha value is -5.58. The number of rotatable bonds is 2. The number of thiophene rings is 1. The SMILES string of the molecule is c1ccc2c3c(ccc2c1)-c1cccc2cccc(c12)N3c1nc2ccccc2nc1-c1ccc2c(c1)sc1ccccc12. The van der Waals surface area contributed by atoms with E-state index in [1.165, 1.54) is 52.8 Å². The maximum atomic E-state index is 5.43. The van der Waals surface area contributed by atoms with Crippen LogP contribution in [0.4, 0.5) is 17.2 Å². The van der Waals surface area contributed by atoms with Gasteiger partial charge in [0.1, 0.15) is 5.69 Å². The zero-order valence-electron chi connectivity index (χ0n) is 23.5. The van der Waals surface area contributed by atoms with Gasteiger partial charge in [0.25, 0.3) is 0 Å². The lowest BCUT2D eigenvalue weighted by molar-refractivity contribution is 1.18. The average Bonchev–Trinajstić information content (AvgIpc) is 3.46. The Balaban J connectivity index is 1.34. The summed E-state index contributed by atoms with van der Waals surface area (Å²) in [6.07, 6.45) is 0. The van der Waals surface area contributed by atoms with Crippen LogP contribution in [0.2, 0.25) is 0 Å². The van der Waals surface area contributed by atoms with Gasteiger partial charge in [0.05, 0.1) is 22.4 Å². The van der Waals surface area contributed by atoms with Crippen LogP contribution in [-0.2, 0) is 0 Å². The van der Waals surface area contributed by atoms with Crippen molar-refractivity contribution in [1.82, 2.24) is 9.97 Å². The monoisotopic (exact) mass is 577 g/mol. The molecule has 1 aliphatic heterocycles. The highest BCUT2D eigenvalue weighted by Crippen LogP contribution is 2.54. The molecule has 0 aliphatic carbocycles. The second kappa shape index (κ2) is 8.96. The first-order valence-electron chi connectivity index (χ1n) is 14.8. The molecule has 7 aromatic carbocycles. The van der Waals surface area contributed by atoms with Gasteiger partial charge < -0.3 is 0 Å². The Bertz CT molecular complexity index is 2630. The molecule has 0 N–H and O–H groups in total. The van der Waals surface area contributed by atoms with Gasteiger partial charge in [-0.05, 0) is 46.7 Å².